The highest BCUT2D eigenvalue weighted by molar-refractivity contribution is 6.11. The van der Waals surface area contributed by atoms with Gasteiger partial charge in [0.1, 0.15) is 5.83 Å². The molecule has 134 valence electrons. The second-order valence-corrected chi connectivity index (χ2v) is 6.99. The van der Waals surface area contributed by atoms with Gasteiger partial charge in [-0.25, -0.2) is 9.18 Å². The van der Waals surface area contributed by atoms with Crippen molar-refractivity contribution in [2.75, 3.05) is 13.1 Å². The molecule has 2 unspecified atom stereocenters. The minimum absolute atomic E-state index is 0.294. The SMILES string of the molecule is C=C1C=C(F)C=CC1C1=NOC(=O)C1N1CCC(c2ccccc2)CC1. The summed E-state index contributed by atoms with van der Waals surface area (Å²) in [6, 6.07) is 9.97. The second-order valence-electron chi connectivity index (χ2n) is 6.99. The number of carbonyl (C=O) groups excluding carboxylic acids is 1. The third kappa shape index (κ3) is 3.15. The largest absolute Gasteiger partial charge is 0.357 e. The number of hydrogen-bond donors (Lipinski definition) is 0. The van der Waals surface area contributed by atoms with Crippen LogP contribution in [-0.4, -0.2) is 35.7 Å². The van der Waals surface area contributed by atoms with Gasteiger partial charge in [-0.3, -0.25) is 4.90 Å². The summed E-state index contributed by atoms with van der Waals surface area (Å²) in [6.07, 6.45) is 6.44. The number of oxime groups is 1. The molecule has 1 aliphatic carbocycles. The predicted molar refractivity (Wildman–Crippen MR) is 98.3 cm³/mol. The first kappa shape index (κ1) is 16.9. The molecule has 0 spiro atoms. The van der Waals surface area contributed by atoms with Crippen LogP contribution in [0.15, 0.2) is 71.7 Å². The van der Waals surface area contributed by atoms with Crippen molar-refractivity contribution in [2.24, 2.45) is 11.1 Å². The van der Waals surface area contributed by atoms with Gasteiger partial charge in [-0.15, -0.1) is 0 Å². The minimum atomic E-state index is -0.507. The molecular formula is C21H21FN2O2. The van der Waals surface area contributed by atoms with Crippen LogP contribution in [0.25, 0.3) is 0 Å². The molecule has 4 nitrogen and oxygen atoms in total. The van der Waals surface area contributed by atoms with Gasteiger partial charge >= 0.3 is 5.97 Å². The maximum absolute atomic E-state index is 13.4. The number of benzene rings is 1. The second kappa shape index (κ2) is 7.00. The van der Waals surface area contributed by atoms with E-state index >= 15 is 0 Å². The van der Waals surface area contributed by atoms with E-state index < -0.39 is 6.04 Å². The number of carbonyl (C=O) groups is 1. The van der Waals surface area contributed by atoms with Crippen molar-refractivity contribution in [2.45, 2.75) is 24.8 Å². The van der Waals surface area contributed by atoms with Crippen LogP contribution in [0.4, 0.5) is 4.39 Å². The Labute approximate surface area is 152 Å². The van der Waals surface area contributed by atoms with Gasteiger partial charge in [0.15, 0.2) is 6.04 Å². The van der Waals surface area contributed by atoms with Crippen molar-refractivity contribution in [1.82, 2.24) is 4.90 Å². The zero-order valence-corrected chi connectivity index (χ0v) is 14.5. The minimum Gasteiger partial charge on any atom is -0.316 e. The molecule has 0 amide bonds. The third-order valence-electron chi connectivity index (χ3n) is 5.40. The maximum atomic E-state index is 13.4. The lowest BCUT2D eigenvalue weighted by Gasteiger charge is -2.35. The molecule has 1 fully saturated rings. The van der Waals surface area contributed by atoms with E-state index in [1.807, 2.05) is 6.07 Å². The smallest absolute Gasteiger partial charge is 0.316 e. The van der Waals surface area contributed by atoms with E-state index in [4.69, 9.17) is 4.84 Å². The Bertz CT molecular complexity index is 805. The topological polar surface area (TPSA) is 41.9 Å². The predicted octanol–water partition coefficient (Wildman–Crippen LogP) is 3.74. The molecule has 4 rings (SSSR count). The number of allylic oxidation sites excluding steroid dienone is 5. The van der Waals surface area contributed by atoms with Crippen LogP contribution in [0.3, 0.4) is 0 Å². The molecule has 0 N–H and O–H groups in total. The Morgan fingerprint density at radius 1 is 1.19 bits per heavy atom. The normalized spacial score (nSPS) is 27.3. The molecule has 1 aromatic carbocycles. The molecule has 0 radical (unpaired) electrons. The molecular weight excluding hydrogens is 331 g/mol. The number of hydrogen-bond acceptors (Lipinski definition) is 4. The van der Waals surface area contributed by atoms with E-state index in [1.54, 1.807) is 6.08 Å². The molecule has 1 saturated heterocycles. The first-order chi connectivity index (χ1) is 12.6. The van der Waals surface area contributed by atoms with E-state index in [2.05, 4.69) is 40.9 Å². The zero-order valence-electron chi connectivity index (χ0n) is 14.5. The van der Waals surface area contributed by atoms with Crippen LogP contribution in [-0.2, 0) is 9.63 Å². The monoisotopic (exact) mass is 352 g/mol. The van der Waals surface area contributed by atoms with E-state index in [0.717, 1.165) is 25.9 Å². The number of halogens is 1. The lowest BCUT2D eigenvalue weighted by molar-refractivity contribution is -0.144. The Kier molecular flexibility index (Phi) is 4.55. The number of piperidine rings is 1. The number of nitrogens with zero attached hydrogens (tertiary/aromatic N) is 2. The maximum Gasteiger partial charge on any atom is 0.357 e. The zero-order chi connectivity index (χ0) is 18.1. The Morgan fingerprint density at radius 2 is 1.92 bits per heavy atom. The van der Waals surface area contributed by atoms with Crippen LogP contribution in [0.2, 0.25) is 0 Å². The average molecular weight is 352 g/mol. The van der Waals surface area contributed by atoms with Gasteiger partial charge in [0.05, 0.1) is 5.71 Å². The summed E-state index contributed by atoms with van der Waals surface area (Å²) < 4.78 is 13.4. The average Bonchev–Trinajstić information content (AvgIpc) is 3.04. The van der Waals surface area contributed by atoms with Crippen LogP contribution < -0.4 is 0 Å². The summed E-state index contributed by atoms with van der Waals surface area (Å²) in [7, 11) is 0. The van der Waals surface area contributed by atoms with Gasteiger partial charge in [0, 0.05) is 5.92 Å². The molecule has 2 atom stereocenters. The first-order valence-electron chi connectivity index (χ1n) is 8.95. The van der Waals surface area contributed by atoms with E-state index in [0.29, 0.717) is 17.2 Å². The summed E-state index contributed by atoms with van der Waals surface area (Å²) >= 11 is 0. The fraction of sp³-hybridized carbons (Fsp3) is 0.333. The molecule has 2 aliphatic heterocycles. The van der Waals surface area contributed by atoms with Gasteiger partial charge in [0.25, 0.3) is 0 Å². The highest BCUT2D eigenvalue weighted by Gasteiger charge is 2.42. The van der Waals surface area contributed by atoms with Gasteiger partial charge in [-0.2, -0.15) is 0 Å². The van der Waals surface area contributed by atoms with Crippen molar-refractivity contribution in [3.05, 3.63) is 72.1 Å². The molecule has 3 aliphatic rings. The van der Waals surface area contributed by atoms with Gasteiger partial charge in [-0.1, -0.05) is 48.1 Å². The fourth-order valence-electron chi connectivity index (χ4n) is 4.01. The lowest BCUT2D eigenvalue weighted by Crippen LogP contribution is -2.49. The van der Waals surface area contributed by atoms with Crippen molar-refractivity contribution >= 4 is 11.7 Å². The van der Waals surface area contributed by atoms with Gasteiger partial charge in [0.2, 0.25) is 0 Å². The Hall–Kier alpha value is -2.53. The van der Waals surface area contributed by atoms with Gasteiger partial charge < -0.3 is 4.84 Å². The molecule has 0 saturated carbocycles. The van der Waals surface area contributed by atoms with Crippen molar-refractivity contribution in [3.63, 3.8) is 0 Å². The van der Waals surface area contributed by atoms with E-state index in [1.165, 1.54) is 17.7 Å². The highest BCUT2D eigenvalue weighted by Crippen LogP contribution is 2.33. The van der Waals surface area contributed by atoms with Crippen LogP contribution in [0.5, 0.6) is 0 Å². The van der Waals surface area contributed by atoms with Crippen LogP contribution in [0.1, 0.15) is 24.3 Å². The van der Waals surface area contributed by atoms with Crippen molar-refractivity contribution < 1.29 is 14.0 Å². The summed E-state index contributed by atoms with van der Waals surface area (Å²) in [5.41, 5.74) is 2.55. The van der Waals surface area contributed by atoms with Crippen molar-refractivity contribution in [1.29, 1.82) is 0 Å². The summed E-state index contributed by atoms with van der Waals surface area (Å²) in [4.78, 5) is 19.4. The molecule has 5 heteroatoms. The van der Waals surface area contributed by atoms with Crippen molar-refractivity contribution in [3.8, 4) is 0 Å². The van der Waals surface area contributed by atoms with E-state index in [-0.39, 0.29) is 17.7 Å². The van der Waals surface area contributed by atoms with Crippen LogP contribution >= 0.6 is 0 Å². The quantitative estimate of drug-likeness (QED) is 0.778. The molecule has 1 aromatic rings. The standard InChI is InChI=1S/C21H21FN2O2/c1-14-13-17(22)7-8-18(14)19-20(21(25)26-23-19)24-11-9-16(10-12-24)15-5-3-2-4-6-15/h2-8,13,16,18,20H,1,9-12H2. The fourth-order valence-corrected chi connectivity index (χ4v) is 4.01. The molecule has 0 bridgehead atoms. The molecule has 0 aromatic heterocycles. The van der Waals surface area contributed by atoms with Gasteiger partial charge in [-0.05, 0) is 55.1 Å². The number of rotatable bonds is 3. The first-order valence-corrected chi connectivity index (χ1v) is 8.95. The Morgan fingerprint density at radius 3 is 2.62 bits per heavy atom. The molecule has 26 heavy (non-hydrogen) atoms. The van der Waals surface area contributed by atoms with E-state index in [9.17, 15) is 9.18 Å². The summed E-state index contributed by atoms with van der Waals surface area (Å²) in [6.45, 7) is 5.51. The number of likely N-dealkylation sites (tertiary alicyclic amines) is 1. The summed E-state index contributed by atoms with van der Waals surface area (Å²) in [5, 5.41) is 4.01. The lowest BCUT2D eigenvalue weighted by atomic mass is 9.85. The molecule has 2 heterocycles. The van der Waals surface area contributed by atoms with Crippen LogP contribution in [0, 0.1) is 5.92 Å². The third-order valence-corrected chi connectivity index (χ3v) is 5.40. The highest BCUT2D eigenvalue weighted by atomic mass is 19.1. The Balaban J connectivity index is 1.47. The summed E-state index contributed by atoms with van der Waals surface area (Å²) in [5.74, 6) is -0.476.